The lowest BCUT2D eigenvalue weighted by atomic mass is 9.86. The fourth-order valence-corrected chi connectivity index (χ4v) is 7.65. The molecule has 0 unspecified atom stereocenters. The number of para-hydroxylation sites is 1. The van der Waals surface area contributed by atoms with Crippen LogP contribution >= 0.6 is 11.9 Å². The second-order valence-electron chi connectivity index (χ2n) is 10.5. The van der Waals surface area contributed by atoms with E-state index in [1.165, 1.54) is 13.5 Å². The van der Waals surface area contributed by atoms with Crippen molar-refractivity contribution in [2.75, 3.05) is 26.9 Å². The number of carbonyl (C=O) groups is 4. The van der Waals surface area contributed by atoms with Crippen molar-refractivity contribution in [1.29, 1.82) is 0 Å². The Bertz CT molecular complexity index is 1010. The Balaban J connectivity index is 1.58. The Morgan fingerprint density at radius 1 is 1.15 bits per heavy atom. The summed E-state index contributed by atoms with van der Waals surface area (Å²) in [6.45, 7) is 3.68. The van der Waals surface area contributed by atoms with E-state index in [1.54, 1.807) is 4.90 Å². The zero-order valence-corrected chi connectivity index (χ0v) is 26.1. The van der Waals surface area contributed by atoms with Crippen LogP contribution in [0.15, 0.2) is 24.3 Å². The fraction of sp³-hybridized carbons (Fsp3) is 0.655. The molecular weight excluding hydrogens is 562 g/mol. The Labute approximate surface area is 249 Å². The summed E-state index contributed by atoms with van der Waals surface area (Å²) >= 11 is 1.04. The van der Waals surface area contributed by atoms with Gasteiger partial charge in [-0.1, -0.05) is 70.1 Å². The summed E-state index contributed by atoms with van der Waals surface area (Å²) in [6.07, 6.45) is 8.46. The lowest BCUT2D eigenvalue weighted by Gasteiger charge is -2.26. The Morgan fingerprint density at radius 2 is 1.93 bits per heavy atom. The fourth-order valence-electron chi connectivity index (χ4n) is 5.10. The molecule has 1 radical (unpaired) electrons. The summed E-state index contributed by atoms with van der Waals surface area (Å²) < 4.78 is 18.7. The lowest BCUT2D eigenvalue weighted by molar-refractivity contribution is -0.131. The van der Waals surface area contributed by atoms with Crippen molar-refractivity contribution in [3.05, 3.63) is 29.8 Å². The molecule has 2 N–H and O–H groups in total. The molecule has 2 aliphatic rings. The van der Waals surface area contributed by atoms with Crippen LogP contribution in [-0.4, -0.2) is 69.5 Å². The van der Waals surface area contributed by atoms with E-state index in [2.05, 4.69) is 16.6 Å². The van der Waals surface area contributed by atoms with Gasteiger partial charge in [0.1, 0.15) is 17.6 Å². The van der Waals surface area contributed by atoms with Gasteiger partial charge in [0.2, 0.25) is 11.8 Å². The maximum Gasteiger partial charge on any atom is 0.417 e. The van der Waals surface area contributed by atoms with E-state index in [0.29, 0.717) is 38.6 Å². The van der Waals surface area contributed by atoms with Crippen molar-refractivity contribution >= 4 is 44.4 Å². The number of benzene rings is 1. The topological polar surface area (TPSA) is 123 Å². The molecule has 1 saturated carbocycles. The molecule has 0 bridgehead atoms. The Hall–Kier alpha value is -2.73. The van der Waals surface area contributed by atoms with Gasteiger partial charge < -0.3 is 24.1 Å². The molecule has 41 heavy (non-hydrogen) atoms. The third-order valence-corrected chi connectivity index (χ3v) is 10.4. The normalized spacial score (nSPS) is 16.1. The Morgan fingerprint density at radius 3 is 2.68 bits per heavy atom. The highest BCUT2D eigenvalue weighted by Crippen LogP contribution is 2.30. The largest absolute Gasteiger partial charge is 0.491 e. The number of unbranched alkanes of at least 4 members (excludes halogenated alkanes) is 2. The molecule has 1 heterocycles. The first-order valence-corrected chi connectivity index (χ1v) is 17.3. The summed E-state index contributed by atoms with van der Waals surface area (Å²) in [7, 11) is -0.927. The van der Waals surface area contributed by atoms with Gasteiger partial charge in [0.25, 0.3) is 5.59 Å². The van der Waals surface area contributed by atoms with E-state index in [-0.39, 0.29) is 24.3 Å². The molecule has 10 nitrogen and oxygen atoms in total. The van der Waals surface area contributed by atoms with Crippen molar-refractivity contribution < 1.29 is 33.4 Å². The lowest BCUT2D eigenvalue weighted by Crippen LogP contribution is -2.50. The number of nitrogens with one attached hydrogen (secondary N) is 2. The van der Waals surface area contributed by atoms with Crippen LogP contribution in [0.2, 0.25) is 6.04 Å². The smallest absolute Gasteiger partial charge is 0.417 e. The zero-order chi connectivity index (χ0) is 29.5. The molecule has 227 valence electrons. The summed E-state index contributed by atoms with van der Waals surface area (Å²) in [5, 5.41) is -0.582. The molecule has 12 heteroatoms. The van der Waals surface area contributed by atoms with Gasteiger partial charge in [-0.05, 0) is 42.8 Å². The molecule has 1 aliphatic carbocycles. The first-order valence-electron chi connectivity index (χ1n) is 14.7. The molecular formula is C29H44N3O7SSi. The number of methoxy groups -OCH3 is 1. The number of fused-ring (bicyclic) bond motifs is 1. The quantitative estimate of drug-likeness (QED) is 0.169. The van der Waals surface area contributed by atoms with Gasteiger partial charge in [0.15, 0.2) is 0 Å². The molecule has 0 saturated heterocycles. The van der Waals surface area contributed by atoms with Gasteiger partial charge in [0, 0.05) is 18.5 Å². The van der Waals surface area contributed by atoms with Crippen LogP contribution in [0, 0.1) is 5.92 Å². The van der Waals surface area contributed by atoms with E-state index >= 15 is 0 Å². The van der Waals surface area contributed by atoms with E-state index in [4.69, 9.17) is 14.2 Å². The monoisotopic (exact) mass is 606 g/mol. The molecule has 3 amide bonds. The number of hydrogen-bond donors (Lipinski definition) is 2. The van der Waals surface area contributed by atoms with Crippen LogP contribution in [0.4, 0.5) is 9.59 Å². The van der Waals surface area contributed by atoms with E-state index in [1.807, 2.05) is 24.3 Å². The minimum absolute atomic E-state index is 0.105. The van der Waals surface area contributed by atoms with Crippen molar-refractivity contribution in [2.24, 2.45) is 5.92 Å². The van der Waals surface area contributed by atoms with E-state index in [0.717, 1.165) is 68.2 Å². The molecule has 3 rings (SSSR count). The first kappa shape index (κ1) is 32.8. The number of carbonyl (C=O) groups excluding carboxylic acids is 4. The summed E-state index contributed by atoms with van der Waals surface area (Å²) in [5.41, 5.74) is 0.425. The number of ether oxygens (including phenoxy) is 3. The van der Waals surface area contributed by atoms with Gasteiger partial charge in [-0.3, -0.25) is 19.1 Å². The zero-order valence-electron chi connectivity index (χ0n) is 24.3. The SMILES string of the molecule is CCCCCOC(=O)NS[C@@H](CC1CCCCC1)C(=O)N[Si](CCC(=O)N1CCOc2ccccc2C1)C(=O)OC. The van der Waals surface area contributed by atoms with Gasteiger partial charge in [-0.15, -0.1) is 0 Å². The summed E-state index contributed by atoms with van der Waals surface area (Å²) in [4.78, 5) is 56.1. The second kappa shape index (κ2) is 17.9. The highest BCUT2D eigenvalue weighted by Gasteiger charge is 2.33. The molecule has 0 aromatic heterocycles. The van der Waals surface area contributed by atoms with Crippen LogP contribution in [-0.2, 0) is 25.6 Å². The average Bonchev–Trinajstić information content (AvgIpc) is 3.22. The highest BCUT2D eigenvalue weighted by atomic mass is 32.2. The molecule has 1 aromatic carbocycles. The van der Waals surface area contributed by atoms with Gasteiger partial charge in [0.05, 0.1) is 20.3 Å². The van der Waals surface area contributed by atoms with Crippen LogP contribution in [0.25, 0.3) is 0 Å². The van der Waals surface area contributed by atoms with Crippen molar-refractivity contribution in [2.45, 2.75) is 89.0 Å². The van der Waals surface area contributed by atoms with Crippen LogP contribution in [0.5, 0.6) is 5.75 Å². The van der Waals surface area contributed by atoms with Gasteiger partial charge >= 0.3 is 15.1 Å². The van der Waals surface area contributed by atoms with Crippen LogP contribution in [0.3, 0.4) is 0 Å². The minimum atomic E-state index is -2.21. The number of nitrogens with zero attached hydrogens (tertiary/aromatic N) is 1. The summed E-state index contributed by atoms with van der Waals surface area (Å²) in [6, 6.07) is 7.83. The van der Waals surface area contributed by atoms with E-state index < -0.39 is 25.9 Å². The van der Waals surface area contributed by atoms with Crippen LogP contribution in [0.1, 0.15) is 76.7 Å². The van der Waals surface area contributed by atoms with Crippen molar-refractivity contribution in [1.82, 2.24) is 14.6 Å². The van der Waals surface area contributed by atoms with Crippen molar-refractivity contribution in [3.63, 3.8) is 0 Å². The molecule has 1 aliphatic heterocycles. The number of hydrogen-bond acceptors (Lipinski definition) is 8. The van der Waals surface area contributed by atoms with Gasteiger partial charge in [-0.2, -0.15) is 0 Å². The maximum atomic E-state index is 13.5. The average molecular weight is 607 g/mol. The van der Waals surface area contributed by atoms with Crippen LogP contribution < -0.4 is 14.4 Å². The second-order valence-corrected chi connectivity index (χ2v) is 13.6. The van der Waals surface area contributed by atoms with Crippen molar-refractivity contribution in [3.8, 4) is 5.75 Å². The predicted octanol–water partition coefficient (Wildman–Crippen LogP) is 5.16. The maximum absolute atomic E-state index is 13.5. The third-order valence-electron chi connectivity index (χ3n) is 7.43. The molecule has 0 spiro atoms. The third kappa shape index (κ3) is 11.2. The van der Waals surface area contributed by atoms with Gasteiger partial charge in [-0.25, -0.2) is 4.79 Å². The standard InChI is InChI=1S/C29H44N3O7SSi/c1-3-4-10-17-39-28(35)30-40-25(20-22-11-6-5-7-12-22)27(34)31-41(29(36)37-2)19-15-26(33)32-16-18-38-24-14-9-8-13-23(24)21-32/h8-9,13-14,22,25H,3-7,10-12,15-21H2,1-2H3,(H,30,35)(H,31,34)/t25-/m0/s1. The predicted molar refractivity (Wildman–Crippen MR) is 160 cm³/mol. The summed E-state index contributed by atoms with van der Waals surface area (Å²) in [5.74, 6) is 0.717. The highest BCUT2D eigenvalue weighted by molar-refractivity contribution is 7.99. The number of amides is 3. The molecule has 1 aromatic rings. The molecule has 1 atom stereocenters. The number of rotatable bonds is 14. The first-order chi connectivity index (χ1) is 19.9. The Kier molecular flexibility index (Phi) is 14.3. The molecule has 1 fully saturated rings. The van der Waals surface area contributed by atoms with E-state index in [9.17, 15) is 19.2 Å². The minimum Gasteiger partial charge on any atom is -0.491 e.